The van der Waals surface area contributed by atoms with Crippen LogP contribution in [0.5, 0.6) is 0 Å². The van der Waals surface area contributed by atoms with Gasteiger partial charge in [-0.15, -0.1) is 11.3 Å². The van der Waals surface area contributed by atoms with Gasteiger partial charge in [-0.05, 0) is 59.1 Å². The van der Waals surface area contributed by atoms with Gasteiger partial charge in [0.25, 0.3) is 5.91 Å². The van der Waals surface area contributed by atoms with Crippen molar-refractivity contribution in [3.05, 3.63) is 44.1 Å². The van der Waals surface area contributed by atoms with Gasteiger partial charge in [0.1, 0.15) is 0 Å². The van der Waals surface area contributed by atoms with E-state index in [2.05, 4.69) is 46.8 Å². The van der Waals surface area contributed by atoms with Gasteiger partial charge in [-0.2, -0.15) is 0 Å². The summed E-state index contributed by atoms with van der Waals surface area (Å²) >= 11 is 6.67. The summed E-state index contributed by atoms with van der Waals surface area (Å²) < 4.78 is 2.24. The number of aromatic nitrogens is 1. The van der Waals surface area contributed by atoms with Crippen LogP contribution in [0.4, 0.5) is 5.13 Å². The lowest BCUT2D eigenvalue weighted by Gasteiger charge is -2.34. The number of amides is 1. The van der Waals surface area contributed by atoms with E-state index < -0.39 is 0 Å². The van der Waals surface area contributed by atoms with Gasteiger partial charge in [0, 0.05) is 26.2 Å². The molecule has 1 amide bonds. The van der Waals surface area contributed by atoms with Crippen LogP contribution in [0.15, 0.2) is 28.1 Å². The average molecular weight is 436 g/mol. The highest BCUT2D eigenvalue weighted by Crippen LogP contribution is 2.32. The first-order valence-corrected chi connectivity index (χ1v) is 10.6. The van der Waals surface area contributed by atoms with Crippen molar-refractivity contribution in [1.82, 2.24) is 9.88 Å². The summed E-state index contributed by atoms with van der Waals surface area (Å²) in [7, 11) is 0. The highest BCUT2D eigenvalue weighted by atomic mass is 79.9. The number of benzene rings is 1. The highest BCUT2D eigenvalue weighted by Gasteiger charge is 2.25. The van der Waals surface area contributed by atoms with Gasteiger partial charge in [0.2, 0.25) is 0 Å². The molecule has 0 bridgehead atoms. The van der Waals surface area contributed by atoms with Gasteiger partial charge in [-0.25, -0.2) is 4.98 Å². The summed E-state index contributed by atoms with van der Waals surface area (Å²) in [6.45, 7) is 7.38. The number of thiazole rings is 1. The number of hydrogen-bond donors (Lipinski definition) is 0. The lowest BCUT2D eigenvalue weighted by molar-refractivity contribution is 0.0751. The Balaban J connectivity index is 1.48. The van der Waals surface area contributed by atoms with Crippen LogP contribution in [0.1, 0.15) is 20.8 Å². The first-order chi connectivity index (χ1) is 12.0. The van der Waals surface area contributed by atoms with Crippen molar-refractivity contribution in [2.45, 2.75) is 13.8 Å². The Morgan fingerprint density at radius 3 is 2.56 bits per heavy atom. The Morgan fingerprint density at radius 1 is 1.12 bits per heavy atom. The molecule has 0 radical (unpaired) electrons. The van der Waals surface area contributed by atoms with E-state index in [1.54, 1.807) is 11.3 Å². The fraction of sp³-hybridized carbons (Fsp3) is 0.333. The minimum Gasteiger partial charge on any atom is -0.345 e. The standard InChI is InChI=1S/C18H18BrN3OS2/c1-11-9-12(2)16-14(10-11)25-18(20-16)22-7-5-21(6-8-22)17(23)13-3-4-15(19)24-13/h3-4,9-10H,5-8H2,1-2H3. The second-order valence-corrected chi connectivity index (χ2v) is 9.78. The molecule has 3 heterocycles. The predicted molar refractivity (Wildman–Crippen MR) is 109 cm³/mol. The molecule has 0 saturated carbocycles. The molecular formula is C18H18BrN3OS2. The molecule has 4 rings (SSSR count). The van der Waals surface area contributed by atoms with Crippen molar-refractivity contribution in [3.8, 4) is 0 Å². The molecule has 1 aromatic carbocycles. The Hall–Kier alpha value is -1.44. The molecule has 7 heteroatoms. The normalized spacial score (nSPS) is 15.2. The quantitative estimate of drug-likeness (QED) is 0.585. The van der Waals surface area contributed by atoms with E-state index in [1.165, 1.54) is 27.2 Å². The largest absolute Gasteiger partial charge is 0.345 e. The molecule has 0 aliphatic carbocycles. The minimum absolute atomic E-state index is 0.131. The molecule has 3 aromatic rings. The van der Waals surface area contributed by atoms with Crippen molar-refractivity contribution >= 4 is 59.9 Å². The number of carbonyl (C=O) groups excluding carboxylic acids is 1. The van der Waals surface area contributed by atoms with Gasteiger partial charge >= 0.3 is 0 Å². The molecule has 1 saturated heterocycles. The molecule has 1 fully saturated rings. The Morgan fingerprint density at radius 2 is 1.88 bits per heavy atom. The van der Waals surface area contributed by atoms with Crippen LogP contribution in [0.3, 0.4) is 0 Å². The van der Waals surface area contributed by atoms with E-state index in [-0.39, 0.29) is 5.91 Å². The molecular weight excluding hydrogens is 418 g/mol. The Bertz CT molecular complexity index is 941. The van der Waals surface area contributed by atoms with Crippen LogP contribution in [0.25, 0.3) is 10.2 Å². The summed E-state index contributed by atoms with van der Waals surface area (Å²) in [6, 6.07) is 8.21. The second kappa shape index (κ2) is 6.70. The zero-order valence-corrected chi connectivity index (χ0v) is 17.3. The number of nitrogens with zero attached hydrogens (tertiary/aromatic N) is 3. The number of halogens is 1. The zero-order chi connectivity index (χ0) is 17.6. The topological polar surface area (TPSA) is 36.4 Å². The molecule has 0 spiro atoms. The summed E-state index contributed by atoms with van der Waals surface area (Å²) in [5, 5.41) is 1.06. The molecule has 25 heavy (non-hydrogen) atoms. The molecule has 2 aromatic heterocycles. The van der Waals surface area contributed by atoms with Crippen LogP contribution in [-0.4, -0.2) is 42.0 Å². The molecule has 0 N–H and O–H groups in total. The maximum atomic E-state index is 12.6. The minimum atomic E-state index is 0.131. The van der Waals surface area contributed by atoms with E-state index in [4.69, 9.17) is 4.98 Å². The number of hydrogen-bond acceptors (Lipinski definition) is 5. The van der Waals surface area contributed by atoms with Gasteiger partial charge in [-0.1, -0.05) is 17.4 Å². The summed E-state index contributed by atoms with van der Waals surface area (Å²) in [4.78, 5) is 22.4. The van der Waals surface area contributed by atoms with E-state index >= 15 is 0 Å². The second-order valence-electron chi connectivity index (χ2n) is 6.31. The fourth-order valence-corrected chi connectivity index (χ4v) is 5.73. The SMILES string of the molecule is Cc1cc(C)c2nc(N3CCN(C(=O)c4ccc(Br)s4)CC3)sc2c1. The third-order valence-corrected chi connectivity index (χ3v) is 7.11. The zero-order valence-electron chi connectivity index (χ0n) is 14.1. The lowest BCUT2D eigenvalue weighted by atomic mass is 10.1. The highest BCUT2D eigenvalue weighted by molar-refractivity contribution is 9.11. The smallest absolute Gasteiger partial charge is 0.264 e. The number of fused-ring (bicyclic) bond motifs is 1. The van der Waals surface area contributed by atoms with Crippen LogP contribution < -0.4 is 4.90 Å². The molecule has 4 nitrogen and oxygen atoms in total. The van der Waals surface area contributed by atoms with E-state index in [9.17, 15) is 4.79 Å². The Labute approximate surface area is 163 Å². The summed E-state index contributed by atoms with van der Waals surface area (Å²) in [5.41, 5.74) is 3.61. The molecule has 0 unspecified atom stereocenters. The molecule has 1 aliphatic rings. The number of piperazine rings is 1. The van der Waals surface area contributed by atoms with Crippen molar-refractivity contribution in [2.75, 3.05) is 31.1 Å². The summed E-state index contributed by atoms with van der Waals surface area (Å²) in [5.74, 6) is 0.131. The van der Waals surface area contributed by atoms with Crippen LogP contribution in [0.2, 0.25) is 0 Å². The maximum absolute atomic E-state index is 12.6. The summed E-state index contributed by atoms with van der Waals surface area (Å²) in [6.07, 6.45) is 0. The van der Waals surface area contributed by atoms with E-state index in [1.807, 2.05) is 17.0 Å². The van der Waals surface area contributed by atoms with Crippen LogP contribution >= 0.6 is 38.6 Å². The fourth-order valence-electron chi connectivity index (χ4n) is 3.18. The number of anilines is 1. The maximum Gasteiger partial charge on any atom is 0.264 e. The van der Waals surface area contributed by atoms with E-state index in [0.29, 0.717) is 0 Å². The van der Waals surface area contributed by atoms with Crippen molar-refractivity contribution in [2.24, 2.45) is 0 Å². The molecule has 0 atom stereocenters. The number of aryl methyl sites for hydroxylation is 2. The Kier molecular flexibility index (Phi) is 4.56. The first-order valence-electron chi connectivity index (χ1n) is 8.18. The van der Waals surface area contributed by atoms with Crippen LogP contribution in [0, 0.1) is 13.8 Å². The van der Waals surface area contributed by atoms with Gasteiger partial charge in [0.15, 0.2) is 5.13 Å². The van der Waals surface area contributed by atoms with Crippen LogP contribution in [-0.2, 0) is 0 Å². The first kappa shape index (κ1) is 17.0. The van der Waals surface area contributed by atoms with Crippen molar-refractivity contribution < 1.29 is 4.79 Å². The lowest BCUT2D eigenvalue weighted by Crippen LogP contribution is -2.48. The van der Waals surface area contributed by atoms with Gasteiger partial charge < -0.3 is 9.80 Å². The number of rotatable bonds is 2. The predicted octanol–water partition coefficient (Wildman–Crippen LogP) is 4.70. The third kappa shape index (κ3) is 3.32. The molecule has 1 aliphatic heterocycles. The molecule has 130 valence electrons. The van der Waals surface area contributed by atoms with E-state index in [0.717, 1.165) is 45.5 Å². The van der Waals surface area contributed by atoms with Crippen molar-refractivity contribution in [1.29, 1.82) is 0 Å². The average Bonchev–Trinajstić information content (AvgIpc) is 3.21. The third-order valence-electron chi connectivity index (χ3n) is 4.44. The van der Waals surface area contributed by atoms with Gasteiger partial charge in [-0.3, -0.25) is 4.79 Å². The monoisotopic (exact) mass is 435 g/mol. The number of carbonyl (C=O) groups is 1. The van der Waals surface area contributed by atoms with Crippen molar-refractivity contribution in [3.63, 3.8) is 0 Å². The van der Waals surface area contributed by atoms with Gasteiger partial charge in [0.05, 0.1) is 18.9 Å². The number of thiophene rings is 1.